The highest BCUT2D eigenvalue weighted by Crippen LogP contribution is 2.24. The summed E-state index contributed by atoms with van der Waals surface area (Å²) < 4.78 is 27.3. The number of anilines is 1. The zero-order valence-electron chi connectivity index (χ0n) is 17.4. The number of sulfonamides is 1. The summed E-state index contributed by atoms with van der Waals surface area (Å²) in [6.07, 6.45) is 0.728. The van der Waals surface area contributed by atoms with E-state index in [2.05, 4.69) is 5.32 Å². The van der Waals surface area contributed by atoms with Gasteiger partial charge in [-0.3, -0.25) is 9.10 Å². The van der Waals surface area contributed by atoms with Crippen LogP contribution in [0.2, 0.25) is 0 Å². The van der Waals surface area contributed by atoms with Crippen LogP contribution < -0.4 is 9.62 Å². The summed E-state index contributed by atoms with van der Waals surface area (Å²) in [5, 5.41) is 3.03. The van der Waals surface area contributed by atoms with Gasteiger partial charge in [0.2, 0.25) is 0 Å². The minimum atomic E-state index is -3.79. The maximum absolute atomic E-state index is 13.0. The largest absolute Gasteiger partial charge is 0.345 e. The predicted octanol–water partition coefficient (Wildman–Crippen LogP) is 4.70. The van der Waals surface area contributed by atoms with Crippen LogP contribution in [0.25, 0.3) is 0 Å². The van der Waals surface area contributed by atoms with Crippen molar-refractivity contribution in [2.45, 2.75) is 31.2 Å². The number of amides is 1. The molecular weight excluding hydrogens is 396 g/mol. The molecule has 1 N–H and O–H groups in total. The maximum atomic E-state index is 13.0. The highest BCUT2D eigenvalue weighted by Gasteiger charge is 2.23. The molecule has 0 heterocycles. The van der Waals surface area contributed by atoms with Crippen LogP contribution in [0.1, 0.15) is 40.9 Å². The Morgan fingerprint density at radius 2 is 1.63 bits per heavy atom. The lowest BCUT2D eigenvalue weighted by Gasteiger charge is -2.21. The molecule has 6 heteroatoms. The molecule has 0 spiro atoms. The minimum absolute atomic E-state index is 0.0745. The fourth-order valence-electron chi connectivity index (χ4n) is 3.35. The summed E-state index contributed by atoms with van der Waals surface area (Å²) in [6.45, 7) is 4.02. The van der Waals surface area contributed by atoms with Gasteiger partial charge in [-0.15, -0.1) is 0 Å². The number of hydrogen-bond acceptors (Lipinski definition) is 3. The zero-order chi connectivity index (χ0) is 21.7. The first-order chi connectivity index (χ1) is 14.3. The van der Waals surface area contributed by atoms with Gasteiger partial charge in [0.25, 0.3) is 15.9 Å². The Bertz CT molecular complexity index is 1130. The van der Waals surface area contributed by atoms with Gasteiger partial charge in [0.1, 0.15) is 0 Å². The molecule has 3 aromatic carbocycles. The van der Waals surface area contributed by atoms with Gasteiger partial charge in [-0.05, 0) is 54.8 Å². The first-order valence-corrected chi connectivity index (χ1v) is 11.3. The van der Waals surface area contributed by atoms with Gasteiger partial charge in [0, 0.05) is 12.6 Å². The lowest BCUT2D eigenvalue weighted by Crippen LogP contribution is -2.29. The molecule has 3 aromatic rings. The van der Waals surface area contributed by atoms with E-state index in [4.69, 9.17) is 0 Å². The van der Waals surface area contributed by atoms with Gasteiger partial charge in [-0.2, -0.15) is 0 Å². The Morgan fingerprint density at radius 1 is 0.967 bits per heavy atom. The van der Waals surface area contributed by atoms with E-state index in [1.807, 2.05) is 44.2 Å². The van der Waals surface area contributed by atoms with Crippen LogP contribution in [0, 0.1) is 6.92 Å². The van der Waals surface area contributed by atoms with Crippen molar-refractivity contribution < 1.29 is 13.2 Å². The van der Waals surface area contributed by atoms with Gasteiger partial charge in [-0.25, -0.2) is 8.42 Å². The van der Waals surface area contributed by atoms with Crippen molar-refractivity contribution in [3.63, 3.8) is 0 Å². The van der Waals surface area contributed by atoms with E-state index >= 15 is 0 Å². The summed E-state index contributed by atoms with van der Waals surface area (Å²) in [7, 11) is -2.28. The number of para-hydroxylation sites is 1. The topological polar surface area (TPSA) is 66.5 Å². The SMILES string of the molecule is CC[C@@H](NC(=O)c1cccc(S(=O)(=O)N(C)c2ccccc2)c1)c1ccccc1C. The third kappa shape index (κ3) is 4.54. The molecule has 0 aliphatic rings. The van der Waals surface area contributed by atoms with Gasteiger partial charge < -0.3 is 5.32 Å². The molecular formula is C24H26N2O3S. The number of nitrogens with one attached hydrogen (secondary N) is 1. The van der Waals surface area contributed by atoms with Gasteiger partial charge in [0.05, 0.1) is 16.6 Å². The van der Waals surface area contributed by atoms with Crippen LogP contribution in [0.3, 0.4) is 0 Å². The van der Waals surface area contributed by atoms with Crippen molar-refractivity contribution in [2.24, 2.45) is 0 Å². The summed E-state index contributed by atoms with van der Waals surface area (Å²) >= 11 is 0. The van der Waals surface area contributed by atoms with Gasteiger partial charge in [0.15, 0.2) is 0 Å². The third-order valence-electron chi connectivity index (χ3n) is 5.15. The zero-order valence-corrected chi connectivity index (χ0v) is 18.2. The first-order valence-electron chi connectivity index (χ1n) is 9.85. The Kier molecular flexibility index (Phi) is 6.57. The average Bonchev–Trinajstić information content (AvgIpc) is 2.78. The maximum Gasteiger partial charge on any atom is 0.264 e. The molecule has 0 unspecified atom stereocenters. The molecule has 0 aliphatic heterocycles. The molecule has 156 valence electrons. The molecule has 0 radical (unpaired) electrons. The second-order valence-electron chi connectivity index (χ2n) is 7.13. The highest BCUT2D eigenvalue weighted by atomic mass is 32.2. The van der Waals surface area contributed by atoms with Crippen LogP contribution in [0.5, 0.6) is 0 Å². The van der Waals surface area contributed by atoms with Gasteiger partial charge in [-0.1, -0.05) is 55.5 Å². The van der Waals surface area contributed by atoms with E-state index in [0.717, 1.165) is 17.5 Å². The first kappa shape index (κ1) is 21.6. The summed E-state index contributed by atoms with van der Waals surface area (Å²) in [5.41, 5.74) is 3.02. The van der Waals surface area contributed by atoms with Gasteiger partial charge >= 0.3 is 0 Å². The molecule has 1 atom stereocenters. The Hall–Kier alpha value is -3.12. The average molecular weight is 423 g/mol. The van der Waals surface area contributed by atoms with E-state index in [9.17, 15) is 13.2 Å². The molecule has 0 saturated carbocycles. The fraction of sp³-hybridized carbons (Fsp3) is 0.208. The van der Waals surface area contributed by atoms with Crippen LogP contribution in [-0.2, 0) is 10.0 Å². The number of benzene rings is 3. The lowest BCUT2D eigenvalue weighted by molar-refractivity contribution is 0.0935. The number of hydrogen-bond donors (Lipinski definition) is 1. The number of carbonyl (C=O) groups excluding carboxylic acids is 1. The van der Waals surface area contributed by atoms with Crippen molar-refractivity contribution in [2.75, 3.05) is 11.4 Å². The quantitative estimate of drug-likeness (QED) is 0.600. The molecule has 1 amide bonds. The third-order valence-corrected chi connectivity index (χ3v) is 6.93. The standard InChI is InChI=1S/C24H26N2O3S/c1-4-23(22-16-9-8-11-18(22)2)25-24(27)19-12-10-15-21(17-19)30(28,29)26(3)20-13-6-5-7-14-20/h5-17,23H,4H2,1-3H3,(H,25,27)/t23-/m1/s1. The Balaban J connectivity index is 1.86. The Labute approximate surface area is 178 Å². The molecule has 0 fully saturated rings. The normalized spacial score (nSPS) is 12.2. The molecule has 0 aromatic heterocycles. The fourth-order valence-corrected chi connectivity index (χ4v) is 4.59. The van der Waals surface area contributed by atoms with E-state index in [0.29, 0.717) is 11.3 Å². The molecule has 0 bridgehead atoms. The van der Waals surface area contributed by atoms with Crippen molar-refractivity contribution in [1.82, 2.24) is 5.32 Å². The van der Waals surface area contributed by atoms with E-state index < -0.39 is 10.0 Å². The van der Waals surface area contributed by atoms with Crippen LogP contribution in [0.4, 0.5) is 5.69 Å². The predicted molar refractivity (Wildman–Crippen MR) is 120 cm³/mol. The van der Waals surface area contributed by atoms with Crippen LogP contribution in [0.15, 0.2) is 83.8 Å². The van der Waals surface area contributed by atoms with E-state index in [1.165, 1.54) is 23.5 Å². The summed E-state index contributed by atoms with van der Waals surface area (Å²) in [6, 6.07) is 22.8. The lowest BCUT2D eigenvalue weighted by atomic mass is 9.99. The van der Waals surface area contributed by atoms with Crippen molar-refractivity contribution in [1.29, 1.82) is 0 Å². The second kappa shape index (κ2) is 9.13. The highest BCUT2D eigenvalue weighted by molar-refractivity contribution is 7.92. The van der Waals surface area contributed by atoms with Crippen LogP contribution >= 0.6 is 0 Å². The number of rotatable bonds is 7. The number of aryl methyl sites for hydroxylation is 1. The van der Waals surface area contributed by atoms with E-state index in [-0.39, 0.29) is 16.8 Å². The smallest absolute Gasteiger partial charge is 0.264 e. The molecule has 0 saturated heterocycles. The molecule has 0 aliphatic carbocycles. The summed E-state index contributed by atoms with van der Waals surface area (Å²) in [5.74, 6) is -0.301. The Morgan fingerprint density at radius 3 is 2.30 bits per heavy atom. The molecule has 3 rings (SSSR count). The van der Waals surface area contributed by atoms with Crippen LogP contribution in [-0.4, -0.2) is 21.4 Å². The monoisotopic (exact) mass is 422 g/mol. The minimum Gasteiger partial charge on any atom is -0.345 e. The second-order valence-corrected chi connectivity index (χ2v) is 9.10. The van der Waals surface area contributed by atoms with Crippen molar-refractivity contribution in [3.8, 4) is 0 Å². The number of nitrogens with zero attached hydrogens (tertiary/aromatic N) is 1. The van der Waals surface area contributed by atoms with Crippen molar-refractivity contribution in [3.05, 3.63) is 95.6 Å². The number of carbonyl (C=O) groups is 1. The molecule has 30 heavy (non-hydrogen) atoms. The van der Waals surface area contributed by atoms with E-state index in [1.54, 1.807) is 36.4 Å². The molecule has 5 nitrogen and oxygen atoms in total. The summed E-state index contributed by atoms with van der Waals surface area (Å²) in [4.78, 5) is 13.0. The van der Waals surface area contributed by atoms with Crippen molar-refractivity contribution >= 4 is 21.6 Å².